The number of hydrogen-bond acceptors (Lipinski definition) is 4. The number of carbonyl (C=O) groups excluding carboxylic acids is 1. The Morgan fingerprint density at radius 2 is 2.32 bits per heavy atom. The van der Waals surface area contributed by atoms with E-state index >= 15 is 0 Å². The van der Waals surface area contributed by atoms with Crippen LogP contribution in [0.4, 0.5) is 19.3 Å². The van der Waals surface area contributed by atoms with E-state index in [1.165, 1.54) is 17.0 Å². The third kappa shape index (κ3) is 3.52. The maximum Gasteiger partial charge on any atom is 0.414 e. The molecular weight excluding hydrogens is 318 g/mol. The molecule has 1 aromatic carbocycles. The fraction of sp³-hybridized carbons (Fsp3) is 0.417. The lowest BCUT2D eigenvalue weighted by atomic mass is 10.2. The predicted octanol–water partition coefficient (Wildman–Crippen LogP) is 2.54. The number of ether oxygens (including phenoxy) is 1. The number of anilines is 1. The summed E-state index contributed by atoms with van der Waals surface area (Å²) in [4.78, 5) is 15.4. The molecule has 1 aliphatic rings. The molecule has 0 saturated carbocycles. The Morgan fingerprint density at radius 1 is 1.55 bits per heavy atom. The standard InChI is InChI=1S/C12H12F2N4O3S/c13-3-4-22(20)11-2-1-8(5-10(11)14)18-7-9(6-16-17-15)21-12(18)19/h1-2,5,9H,3-4,6-7H2/t9-,22?/m1/s1. The average Bonchev–Trinajstić information content (AvgIpc) is 2.86. The number of amides is 1. The lowest BCUT2D eigenvalue weighted by molar-refractivity contribution is 0.145. The van der Waals surface area contributed by atoms with Gasteiger partial charge in [0.15, 0.2) is 0 Å². The molecule has 0 spiro atoms. The smallest absolute Gasteiger partial charge is 0.414 e. The minimum atomic E-state index is -1.76. The van der Waals surface area contributed by atoms with Crippen molar-refractivity contribution in [1.82, 2.24) is 0 Å². The van der Waals surface area contributed by atoms with Gasteiger partial charge >= 0.3 is 6.09 Å². The van der Waals surface area contributed by atoms with Crippen LogP contribution < -0.4 is 4.90 Å². The minimum absolute atomic E-state index is 0.0141. The third-order valence-corrected chi connectivity index (χ3v) is 4.30. The topological polar surface area (TPSA) is 95.4 Å². The molecule has 2 rings (SSSR count). The number of carbonyl (C=O) groups is 1. The van der Waals surface area contributed by atoms with Crippen molar-refractivity contribution in [2.45, 2.75) is 11.0 Å². The van der Waals surface area contributed by atoms with Crippen LogP contribution in [0.3, 0.4) is 0 Å². The largest absolute Gasteiger partial charge is 0.444 e. The zero-order valence-corrected chi connectivity index (χ0v) is 12.1. The quantitative estimate of drug-likeness (QED) is 0.455. The molecule has 0 N–H and O–H groups in total. The van der Waals surface area contributed by atoms with Gasteiger partial charge in [0.2, 0.25) is 0 Å². The van der Waals surface area contributed by atoms with E-state index in [1.54, 1.807) is 0 Å². The predicted molar refractivity (Wildman–Crippen MR) is 75.3 cm³/mol. The van der Waals surface area contributed by atoms with Gasteiger partial charge in [-0.05, 0) is 23.7 Å². The van der Waals surface area contributed by atoms with E-state index in [0.29, 0.717) is 0 Å². The molecule has 22 heavy (non-hydrogen) atoms. The molecule has 1 amide bonds. The lowest BCUT2D eigenvalue weighted by Gasteiger charge is -2.14. The van der Waals surface area contributed by atoms with Crippen LogP contribution in [0.2, 0.25) is 0 Å². The Bertz CT molecular complexity index is 651. The van der Waals surface area contributed by atoms with Crippen LogP contribution in [-0.4, -0.2) is 41.9 Å². The molecule has 1 aliphatic heterocycles. The van der Waals surface area contributed by atoms with Crippen LogP contribution in [0.5, 0.6) is 0 Å². The molecule has 1 fully saturated rings. The molecule has 1 saturated heterocycles. The Labute approximate surface area is 126 Å². The Hall–Kier alpha value is -2.19. The van der Waals surface area contributed by atoms with Gasteiger partial charge in [-0.25, -0.2) is 9.18 Å². The Kier molecular flexibility index (Phi) is 5.29. The van der Waals surface area contributed by atoms with Gasteiger partial charge in [-0.2, -0.15) is 0 Å². The fourth-order valence-corrected chi connectivity index (χ4v) is 2.83. The fourth-order valence-electron chi connectivity index (χ4n) is 1.98. The molecule has 0 radical (unpaired) electrons. The van der Waals surface area contributed by atoms with E-state index < -0.39 is 35.5 Å². The highest BCUT2D eigenvalue weighted by molar-refractivity contribution is 7.85. The first-order valence-electron chi connectivity index (χ1n) is 6.29. The van der Waals surface area contributed by atoms with Gasteiger partial charge in [0.1, 0.15) is 18.6 Å². The van der Waals surface area contributed by atoms with Gasteiger partial charge in [-0.1, -0.05) is 5.11 Å². The lowest BCUT2D eigenvalue weighted by Crippen LogP contribution is -2.25. The summed E-state index contributed by atoms with van der Waals surface area (Å²) >= 11 is 0. The van der Waals surface area contributed by atoms with Crippen LogP contribution in [0, 0.1) is 5.82 Å². The first-order chi connectivity index (χ1) is 10.6. The van der Waals surface area contributed by atoms with Crippen molar-refractivity contribution >= 4 is 22.6 Å². The maximum absolute atomic E-state index is 13.9. The Balaban J connectivity index is 2.16. The number of benzene rings is 1. The van der Waals surface area contributed by atoms with Gasteiger partial charge in [-0.15, -0.1) is 0 Å². The van der Waals surface area contributed by atoms with E-state index in [-0.39, 0.29) is 29.4 Å². The number of nitrogens with zero attached hydrogens (tertiary/aromatic N) is 4. The van der Waals surface area contributed by atoms with E-state index in [4.69, 9.17) is 10.3 Å². The summed E-state index contributed by atoms with van der Waals surface area (Å²) in [5.41, 5.74) is 8.47. The molecule has 2 atom stereocenters. The second-order valence-electron chi connectivity index (χ2n) is 4.38. The molecule has 0 aliphatic carbocycles. The molecule has 118 valence electrons. The van der Waals surface area contributed by atoms with Gasteiger partial charge in [-0.3, -0.25) is 13.5 Å². The van der Waals surface area contributed by atoms with Gasteiger partial charge < -0.3 is 4.74 Å². The van der Waals surface area contributed by atoms with Gasteiger partial charge in [0.25, 0.3) is 0 Å². The summed E-state index contributed by atoms with van der Waals surface area (Å²) < 4.78 is 42.7. The van der Waals surface area contributed by atoms with Gasteiger partial charge in [0, 0.05) is 4.91 Å². The molecule has 0 bridgehead atoms. The summed E-state index contributed by atoms with van der Waals surface area (Å²) in [6.07, 6.45) is -1.29. The molecular formula is C12H12F2N4O3S. The second kappa shape index (κ2) is 7.19. The molecule has 10 heteroatoms. The number of cyclic esters (lactones) is 1. The van der Waals surface area contributed by atoms with Gasteiger partial charge in [0.05, 0.1) is 40.2 Å². The van der Waals surface area contributed by atoms with Crippen LogP contribution in [0.25, 0.3) is 10.4 Å². The van der Waals surface area contributed by atoms with E-state index in [2.05, 4.69) is 10.0 Å². The summed E-state index contributed by atoms with van der Waals surface area (Å²) in [7, 11) is -1.76. The van der Waals surface area contributed by atoms with Crippen molar-refractivity contribution < 1.29 is 22.5 Å². The van der Waals surface area contributed by atoms with E-state index in [1.807, 2.05) is 0 Å². The molecule has 7 nitrogen and oxygen atoms in total. The number of alkyl halides is 1. The highest BCUT2D eigenvalue weighted by Crippen LogP contribution is 2.25. The van der Waals surface area contributed by atoms with Crippen molar-refractivity contribution in [1.29, 1.82) is 0 Å². The highest BCUT2D eigenvalue weighted by Gasteiger charge is 2.32. The van der Waals surface area contributed by atoms with Crippen LogP contribution in [0.1, 0.15) is 0 Å². The number of hydrogen-bond donors (Lipinski definition) is 0. The normalized spacial score (nSPS) is 18.7. The van der Waals surface area contributed by atoms with E-state index in [0.717, 1.165) is 6.07 Å². The number of rotatable bonds is 6. The molecule has 1 heterocycles. The second-order valence-corrected chi connectivity index (χ2v) is 5.92. The summed E-state index contributed by atoms with van der Waals surface area (Å²) in [6, 6.07) is 3.71. The monoisotopic (exact) mass is 330 g/mol. The van der Waals surface area contributed by atoms with Crippen molar-refractivity contribution in [3.8, 4) is 0 Å². The zero-order chi connectivity index (χ0) is 16.1. The maximum atomic E-state index is 13.9. The Morgan fingerprint density at radius 3 is 2.95 bits per heavy atom. The van der Waals surface area contributed by atoms with Crippen molar-refractivity contribution in [2.24, 2.45) is 5.11 Å². The number of halogens is 2. The van der Waals surface area contributed by atoms with Crippen LogP contribution in [0.15, 0.2) is 28.2 Å². The SMILES string of the molecule is [N-]=[N+]=NC[C@@H]1CN(c2ccc(S(=O)CCF)c(F)c2)C(=O)O1. The zero-order valence-electron chi connectivity index (χ0n) is 11.3. The summed E-state index contributed by atoms with van der Waals surface area (Å²) in [5, 5.41) is 3.32. The number of azide groups is 1. The third-order valence-electron chi connectivity index (χ3n) is 2.96. The van der Waals surface area contributed by atoms with Crippen LogP contribution >= 0.6 is 0 Å². The summed E-state index contributed by atoms with van der Waals surface area (Å²) in [6.45, 7) is -0.711. The first kappa shape index (κ1) is 16.2. The highest BCUT2D eigenvalue weighted by atomic mass is 32.2. The minimum Gasteiger partial charge on any atom is -0.444 e. The van der Waals surface area contributed by atoms with Crippen molar-refractivity contribution in [3.63, 3.8) is 0 Å². The molecule has 1 unspecified atom stereocenters. The molecule has 1 aromatic rings. The van der Waals surface area contributed by atoms with E-state index in [9.17, 15) is 17.8 Å². The van der Waals surface area contributed by atoms with Crippen molar-refractivity contribution in [3.05, 3.63) is 34.5 Å². The first-order valence-corrected chi connectivity index (χ1v) is 7.61. The molecule has 0 aromatic heterocycles. The van der Waals surface area contributed by atoms with Crippen LogP contribution in [-0.2, 0) is 15.5 Å². The average molecular weight is 330 g/mol. The summed E-state index contributed by atoms with van der Waals surface area (Å²) in [5.74, 6) is -1.06. The van der Waals surface area contributed by atoms with Crippen molar-refractivity contribution in [2.75, 3.05) is 30.4 Å².